The average Bonchev–Trinajstić information content (AvgIpc) is 2.26. The minimum Gasteiger partial charge on any atom is -0.490 e. The van der Waals surface area contributed by atoms with Gasteiger partial charge in [0.2, 0.25) is 5.91 Å². The van der Waals surface area contributed by atoms with Crippen molar-refractivity contribution >= 4 is 29.3 Å². The van der Waals surface area contributed by atoms with E-state index >= 15 is 0 Å². The van der Waals surface area contributed by atoms with Crippen LogP contribution in [0.15, 0.2) is 18.2 Å². The lowest BCUT2D eigenvalue weighted by molar-refractivity contribution is -0.385. The first-order chi connectivity index (χ1) is 7.95. The molecule has 7 heteroatoms. The van der Waals surface area contributed by atoms with Gasteiger partial charge in [-0.15, -0.1) is 0 Å². The molecule has 0 bridgehead atoms. The fourth-order valence-electron chi connectivity index (χ4n) is 1.17. The van der Waals surface area contributed by atoms with Gasteiger partial charge >= 0.3 is 5.69 Å². The number of methoxy groups -OCH3 is 1. The van der Waals surface area contributed by atoms with Crippen molar-refractivity contribution < 1.29 is 14.5 Å². The Morgan fingerprint density at radius 1 is 1.59 bits per heavy atom. The second-order valence-electron chi connectivity index (χ2n) is 3.04. The number of nitrogens with zero attached hydrogens (tertiary/aromatic N) is 1. The fourth-order valence-corrected chi connectivity index (χ4v) is 1.38. The van der Waals surface area contributed by atoms with Gasteiger partial charge in [0.25, 0.3) is 0 Å². The molecule has 0 heterocycles. The monoisotopic (exact) mass is 256 g/mol. The number of ether oxygens (including phenoxy) is 1. The Hall–Kier alpha value is -2.08. The van der Waals surface area contributed by atoms with E-state index in [1.54, 1.807) is 0 Å². The summed E-state index contributed by atoms with van der Waals surface area (Å²) < 4.78 is 4.83. The number of primary amides is 1. The number of nitrogens with two attached hydrogens (primary N) is 1. The van der Waals surface area contributed by atoms with Gasteiger partial charge in [0.15, 0.2) is 5.75 Å². The van der Waals surface area contributed by atoms with Crippen molar-refractivity contribution in [2.45, 2.75) is 0 Å². The highest BCUT2D eigenvalue weighted by atomic mass is 35.5. The van der Waals surface area contributed by atoms with Crippen LogP contribution >= 0.6 is 11.6 Å². The first-order valence-corrected chi connectivity index (χ1v) is 4.83. The molecule has 0 saturated carbocycles. The van der Waals surface area contributed by atoms with Crippen LogP contribution in [-0.2, 0) is 4.79 Å². The highest BCUT2D eigenvalue weighted by Crippen LogP contribution is 2.33. The van der Waals surface area contributed by atoms with Crippen LogP contribution in [0.4, 0.5) is 5.69 Å². The number of benzene rings is 1. The minimum absolute atomic E-state index is 0.0521. The molecule has 0 atom stereocenters. The van der Waals surface area contributed by atoms with Crippen molar-refractivity contribution in [1.82, 2.24) is 0 Å². The molecule has 1 aromatic rings. The number of hydrogen-bond donors (Lipinski definition) is 1. The molecule has 0 spiro atoms. The maximum absolute atomic E-state index is 10.7. The van der Waals surface area contributed by atoms with E-state index in [0.29, 0.717) is 5.56 Å². The summed E-state index contributed by atoms with van der Waals surface area (Å²) in [5.41, 5.74) is 5.00. The van der Waals surface area contributed by atoms with Gasteiger partial charge in [-0.05, 0) is 6.08 Å². The molecule has 0 unspecified atom stereocenters. The van der Waals surface area contributed by atoms with Crippen LogP contribution in [0.2, 0.25) is 5.02 Å². The highest BCUT2D eigenvalue weighted by molar-refractivity contribution is 6.32. The molecule has 1 amide bonds. The van der Waals surface area contributed by atoms with Crippen LogP contribution in [0, 0.1) is 10.1 Å². The number of hydrogen-bond acceptors (Lipinski definition) is 4. The first kappa shape index (κ1) is 13.0. The number of carbonyl (C=O) groups excluding carboxylic acids is 1. The number of rotatable bonds is 4. The van der Waals surface area contributed by atoms with E-state index in [0.717, 1.165) is 6.08 Å². The van der Waals surface area contributed by atoms with Crippen LogP contribution in [0.25, 0.3) is 6.08 Å². The molecule has 2 N–H and O–H groups in total. The molecule has 0 fully saturated rings. The number of nitro benzene ring substituents is 1. The fraction of sp³-hybridized carbons (Fsp3) is 0.100. The molecule has 0 aliphatic heterocycles. The predicted molar refractivity (Wildman–Crippen MR) is 62.9 cm³/mol. The largest absolute Gasteiger partial charge is 0.490 e. The Kier molecular flexibility index (Phi) is 4.06. The minimum atomic E-state index is -0.667. The van der Waals surface area contributed by atoms with Gasteiger partial charge in [0.1, 0.15) is 0 Å². The Bertz CT molecular complexity index is 499. The molecule has 0 aliphatic carbocycles. The van der Waals surface area contributed by atoms with Gasteiger partial charge in [-0.25, -0.2) is 0 Å². The van der Waals surface area contributed by atoms with Crippen molar-refractivity contribution in [2.24, 2.45) is 5.73 Å². The van der Waals surface area contributed by atoms with Gasteiger partial charge in [0.05, 0.1) is 17.1 Å². The highest BCUT2D eigenvalue weighted by Gasteiger charge is 2.17. The average molecular weight is 257 g/mol. The molecule has 6 nitrogen and oxygen atoms in total. The zero-order chi connectivity index (χ0) is 13.0. The smallest absolute Gasteiger partial charge is 0.311 e. The van der Waals surface area contributed by atoms with E-state index in [2.05, 4.69) is 0 Å². The molecule has 0 radical (unpaired) electrons. The molecular formula is C10H9ClN2O4. The summed E-state index contributed by atoms with van der Waals surface area (Å²) in [5, 5.41) is 11.0. The van der Waals surface area contributed by atoms with Crippen molar-refractivity contribution in [2.75, 3.05) is 7.11 Å². The Morgan fingerprint density at radius 3 is 2.71 bits per heavy atom. The Labute approximate surface area is 102 Å². The third-order valence-corrected chi connectivity index (χ3v) is 2.25. The summed E-state index contributed by atoms with van der Waals surface area (Å²) in [6, 6.07) is 2.51. The summed E-state index contributed by atoms with van der Waals surface area (Å²) in [4.78, 5) is 20.7. The number of nitro groups is 1. The number of amides is 1. The van der Waals surface area contributed by atoms with Gasteiger partial charge in [-0.1, -0.05) is 11.6 Å². The van der Waals surface area contributed by atoms with Crippen LogP contribution < -0.4 is 10.5 Å². The van der Waals surface area contributed by atoms with E-state index in [-0.39, 0.29) is 16.5 Å². The summed E-state index contributed by atoms with van der Waals surface area (Å²) >= 11 is 5.86. The molecule has 1 aromatic carbocycles. The Balaban J connectivity index is 3.29. The van der Waals surface area contributed by atoms with E-state index < -0.39 is 10.8 Å². The first-order valence-electron chi connectivity index (χ1n) is 4.45. The SMILES string of the molecule is COc1cc(Cl)c(C=CC(N)=O)cc1[N+](=O)[O-]. The number of halogens is 1. The summed E-state index contributed by atoms with van der Waals surface area (Å²) in [7, 11) is 1.30. The standard InChI is InChI=1S/C10H9ClN2O4/c1-17-9-5-7(11)6(2-3-10(12)14)4-8(9)13(15)16/h2-5H,1H3,(H2,12,14). The summed E-state index contributed by atoms with van der Waals surface area (Å²) in [6.45, 7) is 0. The summed E-state index contributed by atoms with van der Waals surface area (Å²) in [6.07, 6.45) is 2.37. The lowest BCUT2D eigenvalue weighted by Gasteiger charge is -2.04. The molecule has 0 aromatic heterocycles. The van der Waals surface area contributed by atoms with Crippen molar-refractivity contribution in [1.29, 1.82) is 0 Å². The van der Waals surface area contributed by atoms with E-state index in [1.165, 1.54) is 25.3 Å². The van der Waals surface area contributed by atoms with Gasteiger partial charge in [-0.2, -0.15) is 0 Å². The van der Waals surface area contributed by atoms with E-state index in [4.69, 9.17) is 22.1 Å². The van der Waals surface area contributed by atoms with Gasteiger partial charge in [0, 0.05) is 23.8 Å². The second-order valence-corrected chi connectivity index (χ2v) is 3.45. The van der Waals surface area contributed by atoms with Crippen LogP contribution in [0.5, 0.6) is 5.75 Å². The Morgan fingerprint density at radius 2 is 2.24 bits per heavy atom. The summed E-state index contributed by atoms with van der Waals surface area (Å²) in [5.74, 6) is -0.615. The molecule has 17 heavy (non-hydrogen) atoms. The van der Waals surface area contributed by atoms with Crippen molar-refractivity contribution in [3.63, 3.8) is 0 Å². The normalized spacial score (nSPS) is 10.5. The molecule has 0 aliphatic rings. The molecular weight excluding hydrogens is 248 g/mol. The quantitative estimate of drug-likeness (QED) is 0.504. The number of carbonyl (C=O) groups is 1. The van der Waals surface area contributed by atoms with E-state index in [9.17, 15) is 14.9 Å². The third kappa shape index (κ3) is 3.18. The van der Waals surface area contributed by atoms with Crippen molar-refractivity contribution in [3.05, 3.63) is 38.9 Å². The zero-order valence-corrected chi connectivity index (χ0v) is 9.60. The molecule has 90 valence electrons. The van der Waals surface area contributed by atoms with Crippen molar-refractivity contribution in [3.8, 4) is 5.75 Å². The zero-order valence-electron chi connectivity index (χ0n) is 8.84. The van der Waals surface area contributed by atoms with Crippen LogP contribution in [0.3, 0.4) is 0 Å². The maximum Gasteiger partial charge on any atom is 0.311 e. The topological polar surface area (TPSA) is 95.5 Å². The second kappa shape index (κ2) is 5.31. The van der Waals surface area contributed by atoms with Crippen LogP contribution in [0.1, 0.15) is 5.56 Å². The predicted octanol–water partition coefficient (Wildman–Crippen LogP) is 1.76. The van der Waals surface area contributed by atoms with Crippen LogP contribution in [-0.4, -0.2) is 17.9 Å². The van der Waals surface area contributed by atoms with Gasteiger partial charge in [-0.3, -0.25) is 14.9 Å². The lowest BCUT2D eigenvalue weighted by atomic mass is 10.1. The van der Waals surface area contributed by atoms with E-state index in [1.807, 2.05) is 0 Å². The maximum atomic E-state index is 10.7. The lowest BCUT2D eigenvalue weighted by Crippen LogP contribution is -2.05. The van der Waals surface area contributed by atoms with Gasteiger partial charge < -0.3 is 10.5 Å². The third-order valence-electron chi connectivity index (χ3n) is 1.92. The molecule has 0 saturated heterocycles. The molecule has 1 rings (SSSR count).